The Morgan fingerprint density at radius 1 is 1.38 bits per heavy atom. The van der Waals surface area contributed by atoms with Crippen molar-refractivity contribution in [2.24, 2.45) is 5.92 Å². The molecule has 24 heavy (non-hydrogen) atoms. The maximum Gasteiger partial charge on any atom is 0.261 e. The average Bonchev–Trinajstić information content (AvgIpc) is 3.12. The van der Waals surface area contributed by atoms with Gasteiger partial charge in [0.15, 0.2) is 0 Å². The number of anilines is 2. The first kappa shape index (κ1) is 16.3. The minimum absolute atomic E-state index is 0.0664. The van der Waals surface area contributed by atoms with E-state index in [2.05, 4.69) is 5.10 Å². The number of hydrogen-bond acceptors (Lipinski definition) is 5. The quantitative estimate of drug-likeness (QED) is 0.824. The summed E-state index contributed by atoms with van der Waals surface area (Å²) in [4.78, 5) is 26.6. The number of nitrogen functional groups attached to an aromatic ring is 1. The highest BCUT2D eigenvalue weighted by Crippen LogP contribution is 2.31. The van der Waals surface area contributed by atoms with E-state index in [1.165, 1.54) is 11.1 Å². The van der Waals surface area contributed by atoms with Crippen molar-refractivity contribution in [3.63, 3.8) is 0 Å². The molecule has 1 aromatic heterocycles. The molecule has 0 spiro atoms. The number of benzene rings is 1. The van der Waals surface area contributed by atoms with Crippen molar-refractivity contribution in [3.8, 4) is 6.07 Å². The van der Waals surface area contributed by atoms with Crippen LogP contribution in [0, 0.1) is 17.2 Å². The fourth-order valence-electron chi connectivity index (χ4n) is 2.59. The van der Waals surface area contributed by atoms with Crippen molar-refractivity contribution in [1.29, 1.82) is 5.26 Å². The lowest BCUT2D eigenvalue weighted by molar-refractivity contribution is -0.119. The fraction of sp³-hybridized carbons (Fsp3) is 0.200. The summed E-state index contributed by atoms with van der Waals surface area (Å²) < 4.78 is 0.902. The molecule has 0 aliphatic carbocycles. The van der Waals surface area contributed by atoms with E-state index in [0.717, 1.165) is 4.68 Å². The second kappa shape index (κ2) is 6.15. The molecule has 2 heterocycles. The van der Waals surface area contributed by atoms with Gasteiger partial charge in [-0.05, 0) is 24.6 Å². The van der Waals surface area contributed by atoms with E-state index < -0.39 is 11.8 Å². The zero-order chi connectivity index (χ0) is 17.4. The number of nitrogens with two attached hydrogens (primary N) is 1. The van der Waals surface area contributed by atoms with Gasteiger partial charge in [0.1, 0.15) is 23.4 Å². The van der Waals surface area contributed by atoms with Gasteiger partial charge in [0.25, 0.3) is 5.91 Å². The summed E-state index contributed by atoms with van der Waals surface area (Å²) in [6.07, 6.45) is 1.52. The van der Waals surface area contributed by atoms with Crippen molar-refractivity contribution >= 4 is 46.5 Å². The average molecular weight is 364 g/mol. The summed E-state index contributed by atoms with van der Waals surface area (Å²) in [6, 6.07) is 6.66. The normalized spacial score (nSPS) is 17.1. The topological polar surface area (TPSA) is 105 Å². The first-order valence-electron chi connectivity index (χ1n) is 6.98. The Morgan fingerprint density at radius 2 is 2.12 bits per heavy atom. The van der Waals surface area contributed by atoms with E-state index >= 15 is 0 Å². The predicted octanol–water partition coefficient (Wildman–Crippen LogP) is 2.34. The van der Waals surface area contributed by atoms with Gasteiger partial charge in [-0.3, -0.25) is 9.59 Å². The van der Waals surface area contributed by atoms with E-state index in [1.807, 2.05) is 6.07 Å². The number of nitriles is 1. The monoisotopic (exact) mass is 363 g/mol. The highest BCUT2D eigenvalue weighted by molar-refractivity contribution is 6.42. The maximum absolute atomic E-state index is 12.6. The number of hydrogen-bond donors (Lipinski definition) is 1. The third-order valence-corrected chi connectivity index (χ3v) is 4.59. The molecule has 1 atom stereocenters. The minimum atomic E-state index is -0.909. The zero-order valence-corrected chi connectivity index (χ0v) is 13.8. The molecule has 2 N–H and O–H groups in total. The molecule has 1 aromatic carbocycles. The van der Waals surface area contributed by atoms with Crippen LogP contribution in [-0.4, -0.2) is 28.1 Å². The minimum Gasteiger partial charge on any atom is -0.382 e. The molecule has 0 saturated carbocycles. The Balaban J connectivity index is 1.85. The van der Waals surface area contributed by atoms with Crippen LogP contribution in [0.25, 0.3) is 0 Å². The second-order valence-electron chi connectivity index (χ2n) is 5.23. The number of carbonyl (C=O) groups is 2. The van der Waals surface area contributed by atoms with Crippen LogP contribution in [0.5, 0.6) is 0 Å². The molecule has 1 fully saturated rings. The molecule has 1 amide bonds. The van der Waals surface area contributed by atoms with E-state index in [9.17, 15) is 9.59 Å². The molecular weight excluding hydrogens is 353 g/mol. The first-order chi connectivity index (χ1) is 11.4. The van der Waals surface area contributed by atoms with E-state index in [4.69, 9.17) is 34.2 Å². The van der Waals surface area contributed by atoms with Gasteiger partial charge in [0, 0.05) is 12.2 Å². The lowest BCUT2D eigenvalue weighted by atomic mass is 10.1. The third kappa shape index (κ3) is 2.60. The van der Waals surface area contributed by atoms with Crippen LogP contribution in [0.2, 0.25) is 10.0 Å². The largest absolute Gasteiger partial charge is 0.382 e. The molecule has 0 radical (unpaired) electrons. The molecule has 0 bridgehead atoms. The summed E-state index contributed by atoms with van der Waals surface area (Å²) in [6.45, 7) is 0.361. The lowest BCUT2D eigenvalue weighted by Gasteiger charge is -2.17. The summed E-state index contributed by atoms with van der Waals surface area (Å²) in [5.41, 5.74) is 6.37. The fourth-order valence-corrected chi connectivity index (χ4v) is 2.88. The smallest absolute Gasteiger partial charge is 0.261 e. The van der Waals surface area contributed by atoms with Gasteiger partial charge in [-0.2, -0.15) is 15.0 Å². The van der Waals surface area contributed by atoms with Crippen molar-refractivity contribution in [1.82, 2.24) is 9.78 Å². The summed E-state index contributed by atoms with van der Waals surface area (Å²) in [5.74, 6) is -1.90. The predicted molar refractivity (Wildman–Crippen MR) is 88.9 cm³/mol. The summed E-state index contributed by atoms with van der Waals surface area (Å²) in [7, 11) is 0. The molecule has 122 valence electrons. The van der Waals surface area contributed by atoms with Crippen LogP contribution in [0.4, 0.5) is 11.5 Å². The van der Waals surface area contributed by atoms with E-state index in [1.54, 1.807) is 18.2 Å². The number of aromatic nitrogens is 2. The van der Waals surface area contributed by atoms with E-state index in [-0.39, 0.29) is 17.3 Å². The number of amides is 1. The van der Waals surface area contributed by atoms with Crippen molar-refractivity contribution < 1.29 is 9.59 Å². The van der Waals surface area contributed by atoms with E-state index in [0.29, 0.717) is 28.7 Å². The van der Waals surface area contributed by atoms with Crippen LogP contribution < -0.4 is 10.6 Å². The highest BCUT2D eigenvalue weighted by Gasteiger charge is 2.39. The van der Waals surface area contributed by atoms with Crippen LogP contribution >= 0.6 is 23.2 Å². The number of rotatable bonds is 2. The molecule has 3 rings (SSSR count). The molecular formula is C15H11Cl2N5O2. The van der Waals surface area contributed by atoms with Gasteiger partial charge in [-0.1, -0.05) is 23.2 Å². The Labute approximate surface area is 147 Å². The molecule has 7 nitrogen and oxygen atoms in total. The van der Waals surface area contributed by atoms with Gasteiger partial charge < -0.3 is 10.6 Å². The van der Waals surface area contributed by atoms with Gasteiger partial charge >= 0.3 is 0 Å². The molecule has 1 aliphatic rings. The number of halogens is 2. The second-order valence-corrected chi connectivity index (χ2v) is 6.05. The van der Waals surface area contributed by atoms with Crippen LogP contribution in [0.15, 0.2) is 24.4 Å². The molecule has 1 aliphatic heterocycles. The maximum atomic E-state index is 12.6. The number of nitrogens with zero attached hydrogens (tertiary/aromatic N) is 4. The van der Waals surface area contributed by atoms with Gasteiger partial charge in [-0.15, -0.1) is 0 Å². The van der Waals surface area contributed by atoms with Gasteiger partial charge in [0.2, 0.25) is 5.91 Å². The van der Waals surface area contributed by atoms with Crippen LogP contribution in [-0.2, 0) is 4.79 Å². The van der Waals surface area contributed by atoms with Crippen molar-refractivity contribution in [2.75, 3.05) is 17.2 Å². The van der Waals surface area contributed by atoms with Crippen LogP contribution in [0.1, 0.15) is 16.8 Å². The highest BCUT2D eigenvalue weighted by atomic mass is 35.5. The Kier molecular flexibility index (Phi) is 4.18. The first-order valence-corrected chi connectivity index (χ1v) is 7.74. The molecule has 2 aromatic rings. The SMILES string of the molecule is N#Cc1cnn(C(=O)[C@@H]2CCN(c3ccc(Cl)c(Cl)c3)C2=O)c1N. The molecule has 9 heteroatoms. The Morgan fingerprint density at radius 3 is 2.75 bits per heavy atom. The van der Waals surface area contributed by atoms with Gasteiger partial charge in [-0.25, -0.2) is 0 Å². The van der Waals surface area contributed by atoms with Crippen molar-refractivity contribution in [3.05, 3.63) is 40.0 Å². The molecule has 1 saturated heterocycles. The van der Waals surface area contributed by atoms with Crippen LogP contribution in [0.3, 0.4) is 0 Å². The van der Waals surface area contributed by atoms with Gasteiger partial charge in [0.05, 0.1) is 16.2 Å². The summed E-state index contributed by atoms with van der Waals surface area (Å²) in [5, 5.41) is 13.4. The zero-order valence-electron chi connectivity index (χ0n) is 12.2. The number of carbonyl (C=O) groups excluding carboxylic acids is 2. The third-order valence-electron chi connectivity index (χ3n) is 3.85. The van der Waals surface area contributed by atoms with Crippen molar-refractivity contribution in [2.45, 2.75) is 6.42 Å². The standard InChI is InChI=1S/C15H11Cl2N5O2/c16-11-2-1-9(5-12(11)17)21-4-3-10(14(21)23)15(24)22-13(19)8(6-18)7-20-22/h1-2,5,7,10H,3-4,19H2/t10-/m1/s1. The lowest BCUT2D eigenvalue weighted by Crippen LogP contribution is -2.33. The summed E-state index contributed by atoms with van der Waals surface area (Å²) >= 11 is 11.9. The Hall–Kier alpha value is -2.56. The molecule has 0 unspecified atom stereocenters. The Bertz CT molecular complexity index is 886.